The van der Waals surface area contributed by atoms with Crippen LogP contribution >= 0.6 is 0 Å². The molecule has 16 heavy (non-hydrogen) atoms. The number of piperidine rings is 1. The summed E-state index contributed by atoms with van der Waals surface area (Å²) in [4.78, 5) is 27.6. The highest BCUT2D eigenvalue weighted by atomic mass is 16.2. The molecule has 0 saturated carbocycles. The van der Waals surface area contributed by atoms with Gasteiger partial charge in [-0.15, -0.1) is 0 Å². The summed E-state index contributed by atoms with van der Waals surface area (Å²) >= 11 is 0. The number of amides is 2. The highest BCUT2D eigenvalue weighted by Gasteiger charge is 2.44. The largest absolute Gasteiger partial charge is 0.302 e. The van der Waals surface area contributed by atoms with Crippen LogP contribution in [-0.2, 0) is 9.59 Å². The summed E-state index contributed by atoms with van der Waals surface area (Å²) in [5.41, 5.74) is 8.15. The van der Waals surface area contributed by atoms with Crippen molar-refractivity contribution in [1.82, 2.24) is 10.2 Å². The number of likely N-dealkylation sites (tertiary alicyclic amines) is 1. The Bertz CT molecular complexity index is 363. The maximum absolute atomic E-state index is 11.5. The first-order valence-corrected chi connectivity index (χ1v) is 5.30. The molecule has 0 aliphatic carbocycles. The number of fused-ring (bicyclic) bond motifs is 1. The molecule has 2 amide bonds. The molecule has 0 unspecified atom stereocenters. The minimum absolute atomic E-state index is 0.135. The zero-order valence-corrected chi connectivity index (χ0v) is 8.80. The average molecular weight is 223 g/mol. The van der Waals surface area contributed by atoms with Crippen LogP contribution in [0.15, 0.2) is 5.11 Å². The first kappa shape index (κ1) is 10.9. The summed E-state index contributed by atoms with van der Waals surface area (Å²) in [6.45, 7) is 2.42. The van der Waals surface area contributed by atoms with Crippen LogP contribution in [0.25, 0.3) is 10.4 Å². The monoisotopic (exact) mass is 223 g/mol. The molecule has 7 heteroatoms. The van der Waals surface area contributed by atoms with Gasteiger partial charge in [0.2, 0.25) is 11.8 Å². The van der Waals surface area contributed by atoms with E-state index in [0.29, 0.717) is 26.1 Å². The highest BCUT2D eigenvalue weighted by Crippen LogP contribution is 2.28. The van der Waals surface area contributed by atoms with Gasteiger partial charge in [-0.05, 0) is 18.5 Å². The van der Waals surface area contributed by atoms with Gasteiger partial charge in [0, 0.05) is 24.5 Å². The molecule has 2 heterocycles. The molecule has 2 fully saturated rings. The van der Waals surface area contributed by atoms with Crippen molar-refractivity contribution in [2.75, 3.05) is 26.2 Å². The fourth-order valence-electron chi connectivity index (χ4n) is 2.34. The zero-order chi connectivity index (χ0) is 11.5. The van der Waals surface area contributed by atoms with E-state index >= 15 is 0 Å². The summed E-state index contributed by atoms with van der Waals surface area (Å²) in [6, 6.07) is 0. The molecule has 2 aliphatic rings. The van der Waals surface area contributed by atoms with Crippen LogP contribution in [0.2, 0.25) is 0 Å². The van der Waals surface area contributed by atoms with Gasteiger partial charge in [-0.1, -0.05) is 5.11 Å². The average Bonchev–Trinajstić information content (AvgIpc) is 2.55. The number of azide groups is 1. The molecule has 2 aliphatic heterocycles. The topological polar surface area (TPSA) is 98.2 Å². The Morgan fingerprint density at radius 3 is 2.94 bits per heavy atom. The number of rotatable bonds is 3. The zero-order valence-electron chi connectivity index (χ0n) is 8.80. The third kappa shape index (κ3) is 2.00. The molecule has 7 nitrogen and oxygen atoms in total. The van der Waals surface area contributed by atoms with Crippen molar-refractivity contribution in [2.45, 2.75) is 6.42 Å². The van der Waals surface area contributed by atoms with Crippen molar-refractivity contribution in [3.63, 3.8) is 0 Å². The molecule has 0 aromatic rings. The number of nitrogens with one attached hydrogen (secondary N) is 1. The minimum atomic E-state index is -0.215. The Morgan fingerprint density at radius 1 is 1.44 bits per heavy atom. The van der Waals surface area contributed by atoms with E-state index in [1.54, 1.807) is 0 Å². The maximum Gasteiger partial charge on any atom is 0.231 e. The molecule has 0 aromatic heterocycles. The van der Waals surface area contributed by atoms with Crippen molar-refractivity contribution < 1.29 is 9.59 Å². The van der Waals surface area contributed by atoms with E-state index in [9.17, 15) is 9.59 Å². The Hall–Kier alpha value is -1.59. The van der Waals surface area contributed by atoms with E-state index in [0.717, 1.165) is 6.54 Å². The molecular weight excluding hydrogens is 210 g/mol. The molecule has 0 spiro atoms. The van der Waals surface area contributed by atoms with Crippen molar-refractivity contribution in [3.8, 4) is 0 Å². The van der Waals surface area contributed by atoms with Crippen molar-refractivity contribution >= 4 is 11.8 Å². The number of nitrogens with zero attached hydrogens (tertiary/aromatic N) is 4. The Balaban J connectivity index is 1.92. The SMILES string of the molecule is [N-]=[N+]=NCCN1CC[C@@H]2C(=O)NC(=O)[C@H]2C1. The standard InChI is InChI=1S/C9H13N5O2/c10-13-11-2-4-14-3-1-6-7(5-14)9(16)12-8(6)15/h6-7H,1-5H2,(H,12,15,16)/t6-,7-/m0/s1. The molecule has 0 bridgehead atoms. The van der Waals surface area contributed by atoms with E-state index in [-0.39, 0.29) is 23.7 Å². The second-order valence-corrected chi connectivity index (χ2v) is 4.11. The normalized spacial score (nSPS) is 29.5. The summed E-state index contributed by atoms with van der Waals surface area (Å²) in [5.74, 6) is -0.663. The molecule has 2 rings (SSSR count). The second-order valence-electron chi connectivity index (χ2n) is 4.11. The molecule has 86 valence electrons. The van der Waals surface area contributed by atoms with Crippen LogP contribution in [0.4, 0.5) is 0 Å². The first-order chi connectivity index (χ1) is 7.72. The molecular formula is C9H13N5O2. The lowest BCUT2D eigenvalue weighted by molar-refractivity contribution is -0.126. The van der Waals surface area contributed by atoms with Gasteiger partial charge in [-0.25, -0.2) is 0 Å². The van der Waals surface area contributed by atoms with Crippen molar-refractivity contribution in [3.05, 3.63) is 10.4 Å². The Morgan fingerprint density at radius 2 is 2.19 bits per heavy atom. The lowest BCUT2D eigenvalue weighted by Crippen LogP contribution is -2.42. The van der Waals surface area contributed by atoms with Crippen LogP contribution in [0, 0.1) is 11.8 Å². The molecule has 2 saturated heterocycles. The lowest BCUT2D eigenvalue weighted by Gasteiger charge is -2.31. The third-order valence-corrected chi connectivity index (χ3v) is 3.20. The predicted molar refractivity (Wildman–Crippen MR) is 55.2 cm³/mol. The fourth-order valence-corrected chi connectivity index (χ4v) is 2.34. The van der Waals surface area contributed by atoms with Crippen LogP contribution in [0.1, 0.15) is 6.42 Å². The Kier molecular flexibility index (Phi) is 3.07. The molecule has 0 radical (unpaired) electrons. The summed E-state index contributed by atoms with van der Waals surface area (Å²) in [7, 11) is 0. The van der Waals surface area contributed by atoms with E-state index in [1.807, 2.05) is 0 Å². The van der Waals surface area contributed by atoms with Gasteiger partial charge >= 0.3 is 0 Å². The van der Waals surface area contributed by atoms with Crippen LogP contribution < -0.4 is 5.32 Å². The number of carbonyl (C=O) groups is 2. The predicted octanol–water partition coefficient (Wildman–Crippen LogP) is -0.109. The highest BCUT2D eigenvalue weighted by molar-refractivity contribution is 6.05. The van der Waals surface area contributed by atoms with E-state index < -0.39 is 0 Å². The molecule has 0 aromatic carbocycles. The third-order valence-electron chi connectivity index (χ3n) is 3.20. The van der Waals surface area contributed by atoms with E-state index in [1.165, 1.54) is 0 Å². The molecule has 2 atom stereocenters. The minimum Gasteiger partial charge on any atom is -0.302 e. The first-order valence-electron chi connectivity index (χ1n) is 5.30. The van der Waals surface area contributed by atoms with Gasteiger partial charge in [0.25, 0.3) is 0 Å². The quantitative estimate of drug-likeness (QED) is 0.313. The van der Waals surface area contributed by atoms with Gasteiger partial charge < -0.3 is 4.90 Å². The second kappa shape index (κ2) is 4.51. The van der Waals surface area contributed by atoms with Crippen LogP contribution in [-0.4, -0.2) is 42.9 Å². The molecule has 1 N–H and O–H groups in total. The number of hydrogen-bond donors (Lipinski definition) is 1. The summed E-state index contributed by atoms with van der Waals surface area (Å²) in [6.07, 6.45) is 0.707. The number of hydrogen-bond acceptors (Lipinski definition) is 4. The van der Waals surface area contributed by atoms with Gasteiger partial charge in [-0.3, -0.25) is 14.9 Å². The van der Waals surface area contributed by atoms with E-state index in [4.69, 9.17) is 5.53 Å². The summed E-state index contributed by atoms with van der Waals surface area (Å²) < 4.78 is 0. The maximum atomic E-state index is 11.5. The Labute approximate surface area is 92.4 Å². The van der Waals surface area contributed by atoms with Gasteiger partial charge in [0.05, 0.1) is 11.8 Å². The van der Waals surface area contributed by atoms with E-state index in [2.05, 4.69) is 20.2 Å². The fraction of sp³-hybridized carbons (Fsp3) is 0.778. The number of carbonyl (C=O) groups excluding carboxylic acids is 2. The van der Waals surface area contributed by atoms with Crippen LogP contribution in [0.5, 0.6) is 0 Å². The van der Waals surface area contributed by atoms with Gasteiger partial charge in [0.15, 0.2) is 0 Å². The lowest BCUT2D eigenvalue weighted by atomic mass is 9.88. The van der Waals surface area contributed by atoms with Gasteiger partial charge in [0.1, 0.15) is 0 Å². The van der Waals surface area contributed by atoms with Crippen molar-refractivity contribution in [1.29, 1.82) is 0 Å². The van der Waals surface area contributed by atoms with Crippen molar-refractivity contribution in [2.24, 2.45) is 17.0 Å². The summed E-state index contributed by atoms with van der Waals surface area (Å²) in [5, 5.41) is 5.82. The van der Waals surface area contributed by atoms with Gasteiger partial charge in [-0.2, -0.15) is 0 Å². The van der Waals surface area contributed by atoms with Crippen LogP contribution in [0.3, 0.4) is 0 Å². The smallest absolute Gasteiger partial charge is 0.231 e. The number of imide groups is 1.